The quantitative estimate of drug-likeness (QED) is 0.304. The number of halogens is 1. The van der Waals surface area contributed by atoms with Crippen molar-refractivity contribution in [3.63, 3.8) is 0 Å². The molecule has 7 heteroatoms. The second-order valence-electron chi connectivity index (χ2n) is 5.53. The van der Waals surface area contributed by atoms with Crippen molar-refractivity contribution in [2.24, 2.45) is 0 Å². The van der Waals surface area contributed by atoms with Crippen molar-refractivity contribution < 1.29 is 34.0 Å². The highest BCUT2D eigenvalue weighted by molar-refractivity contribution is 5.67. The van der Waals surface area contributed by atoms with Crippen LogP contribution in [0.3, 0.4) is 0 Å². The Morgan fingerprint density at radius 3 is 2.50 bits per heavy atom. The van der Waals surface area contributed by atoms with Gasteiger partial charge in [-0.3, -0.25) is 0 Å². The fraction of sp³-hybridized carbons (Fsp3) is 0.286. The average molecular weight is 390 g/mol. The molecule has 150 valence electrons. The second-order valence-corrected chi connectivity index (χ2v) is 5.53. The molecule has 1 rings (SSSR count). The molecule has 0 aromatic heterocycles. The van der Waals surface area contributed by atoms with Gasteiger partial charge in [0.1, 0.15) is 30.9 Å². The Bertz CT molecular complexity index is 728. The van der Waals surface area contributed by atoms with E-state index in [1.807, 2.05) is 0 Å². The number of aliphatic hydroxyl groups excluding tert-OH is 2. The molecule has 6 nitrogen and oxygen atoms in total. The predicted octanol–water partition coefficient (Wildman–Crippen LogP) is 2.09. The minimum atomic E-state index is -1.05. The molecule has 0 heterocycles. The molecule has 0 unspecified atom stereocenters. The topological polar surface area (TPSA) is 96.2 Å². The van der Waals surface area contributed by atoms with Crippen LogP contribution in [0.4, 0.5) is 4.39 Å². The lowest BCUT2D eigenvalue weighted by Crippen LogP contribution is -2.14. The number of ether oxygens (including phenoxy) is 2. The van der Waals surface area contributed by atoms with E-state index < -0.39 is 18.2 Å². The standard InChI is InChI=1S/C21H23FO6/c22-17-9-11-20(12-10-17)28-15-19(24)8-6-4-2-1-3-5-7-18(23)13-14-27-16-21(25)26/h1,3,5-12,18-19,23-24H,13-16H2,(H,25,26)/b3-1+,7-5+,8-6+/t18-,19+/m1/s1. The number of aliphatic carboxylic acids is 1. The summed E-state index contributed by atoms with van der Waals surface area (Å²) in [5.74, 6) is 4.49. The van der Waals surface area contributed by atoms with Crippen LogP contribution < -0.4 is 4.74 Å². The largest absolute Gasteiger partial charge is 0.491 e. The molecule has 1 aromatic rings. The minimum Gasteiger partial charge on any atom is -0.491 e. The first-order valence-corrected chi connectivity index (χ1v) is 8.52. The third-order valence-electron chi connectivity index (χ3n) is 3.13. The summed E-state index contributed by atoms with van der Waals surface area (Å²) in [6, 6.07) is 5.50. The average Bonchev–Trinajstić information content (AvgIpc) is 2.66. The highest BCUT2D eigenvalue weighted by atomic mass is 19.1. The van der Waals surface area contributed by atoms with Crippen LogP contribution in [0.5, 0.6) is 5.75 Å². The normalized spacial score (nSPS) is 13.5. The van der Waals surface area contributed by atoms with Gasteiger partial charge in [0.15, 0.2) is 0 Å². The predicted molar refractivity (Wildman–Crippen MR) is 102 cm³/mol. The number of hydrogen-bond acceptors (Lipinski definition) is 5. The van der Waals surface area contributed by atoms with Crippen molar-refractivity contribution in [2.75, 3.05) is 19.8 Å². The fourth-order valence-corrected chi connectivity index (χ4v) is 1.78. The van der Waals surface area contributed by atoms with E-state index in [1.165, 1.54) is 42.5 Å². The molecule has 0 aliphatic carbocycles. The van der Waals surface area contributed by atoms with Crippen molar-refractivity contribution in [3.8, 4) is 17.6 Å². The molecule has 3 N–H and O–H groups in total. The Morgan fingerprint density at radius 2 is 1.79 bits per heavy atom. The first-order valence-electron chi connectivity index (χ1n) is 8.52. The summed E-state index contributed by atoms with van der Waals surface area (Å²) < 4.78 is 22.9. The molecular weight excluding hydrogens is 367 g/mol. The summed E-state index contributed by atoms with van der Waals surface area (Å²) in [6.07, 6.45) is 8.03. The third-order valence-corrected chi connectivity index (χ3v) is 3.13. The number of carboxylic acids is 1. The number of allylic oxidation sites excluding steroid dienone is 4. The van der Waals surface area contributed by atoms with Gasteiger partial charge < -0.3 is 24.8 Å². The van der Waals surface area contributed by atoms with Gasteiger partial charge in [-0.25, -0.2) is 9.18 Å². The van der Waals surface area contributed by atoms with E-state index in [4.69, 9.17) is 14.6 Å². The Balaban J connectivity index is 2.20. The van der Waals surface area contributed by atoms with Crippen molar-refractivity contribution in [2.45, 2.75) is 18.6 Å². The van der Waals surface area contributed by atoms with E-state index in [1.54, 1.807) is 18.2 Å². The molecule has 0 aliphatic rings. The van der Waals surface area contributed by atoms with Crippen LogP contribution in [-0.4, -0.2) is 53.3 Å². The SMILES string of the molecule is O=C(O)COCC[C@H](O)/C=C/C=C/C#C/C=C/[C@H](O)COc1ccc(F)cc1. The number of benzene rings is 1. The van der Waals surface area contributed by atoms with Crippen molar-refractivity contribution in [3.05, 3.63) is 66.5 Å². The van der Waals surface area contributed by atoms with Gasteiger partial charge in [-0.1, -0.05) is 30.1 Å². The number of aliphatic hydroxyl groups is 2. The van der Waals surface area contributed by atoms with Gasteiger partial charge in [0.25, 0.3) is 0 Å². The van der Waals surface area contributed by atoms with Crippen molar-refractivity contribution >= 4 is 5.97 Å². The number of hydrogen-bond donors (Lipinski definition) is 3. The molecule has 0 amide bonds. The Labute approximate surface area is 163 Å². The Hall–Kier alpha value is -2.92. The molecule has 0 radical (unpaired) electrons. The first-order chi connectivity index (χ1) is 13.5. The summed E-state index contributed by atoms with van der Waals surface area (Å²) in [5, 5.41) is 27.7. The van der Waals surface area contributed by atoms with E-state index in [2.05, 4.69) is 11.8 Å². The van der Waals surface area contributed by atoms with E-state index >= 15 is 0 Å². The fourth-order valence-electron chi connectivity index (χ4n) is 1.78. The van der Waals surface area contributed by atoms with Gasteiger partial charge in [0, 0.05) is 6.42 Å². The zero-order valence-corrected chi connectivity index (χ0v) is 15.2. The maximum Gasteiger partial charge on any atom is 0.329 e. The second kappa shape index (κ2) is 14.2. The van der Waals surface area contributed by atoms with Crippen molar-refractivity contribution in [1.29, 1.82) is 0 Å². The smallest absolute Gasteiger partial charge is 0.329 e. The van der Waals surface area contributed by atoms with Gasteiger partial charge in [-0.15, -0.1) is 0 Å². The first kappa shape index (κ1) is 23.1. The van der Waals surface area contributed by atoms with E-state index in [-0.39, 0.29) is 25.6 Å². The molecule has 0 bridgehead atoms. The van der Waals surface area contributed by atoms with Crippen LogP contribution in [0.1, 0.15) is 6.42 Å². The molecule has 1 aromatic carbocycles. The maximum atomic E-state index is 12.8. The molecule has 0 saturated heterocycles. The van der Waals surface area contributed by atoms with Crippen LogP contribution >= 0.6 is 0 Å². The summed E-state index contributed by atoms with van der Waals surface area (Å²) in [5.41, 5.74) is 0. The third kappa shape index (κ3) is 12.4. The van der Waals surface area contributed by atoms with Crippen LogP contribution in [0.15, 0.2) is 60.7 Å². The van der Waals surface area contributed by atoms with Gasteiger partial charge in [0.2, 0.25) is 0 Å². The van der Waals surface area contributed by atoms with Gasteiger partial charge >= 0.3 is 5.97 Å². The summed E-state index contributed by atoms with van der Waals surface area (Å²) >= 11 is 0. The monoisotopic (exact) mass is 390 g/mol. The van der Waals surface area contributed by atoms with Crippen LogP contribution in [0.2, 0.25) is 0 Å². The van der Waals surface area contributed by atoms with E-state index in [0.717, 1.165) is 0 Å². The summed E-state index contributed by atoms with van der Waals surface area (Å²) in [6.45, 7) is -0.206. The number of rotatable bonds is 11. The minimum absolute atomic E-state index is 0.0243. The van der Waals surface area contributed by atoms with Crippen molar-refractivity contribution in [1.82, 2.24) is 0 Å². The molecule has 28 heavy (non-hydrogen) atoms. The molecule has 0 spiro atoms. The molecule has 0 aliphatic heterocycles. The summed E-state index contributed by atoms with van der Waals surface area (Å²) in [7, 11) is 0. The number of carbonyl (C=O) groups is 1. The zero-order chi connectivity index (χ0) is 20.6. The summed E-state index contributed by atoms with van der Waals surface area (Å²) in [4.78, 5) is 10.2. The highest BCUT2D eigenvalue weighted by Gasteiger charge is 2.01. The van der Waals surface area contributed by atoms with Gasteiger partial charge in [-0.2, -0.15) is 0 Å². The van der Waals surface area contributed by atoms with Gasteiger partial charge in [0.05, 0.1) is 12.7 Å². The van der Waals surface area contributed by atoms with Crippen LogP contribution in [0.25, 0.3) is 0 Å². The molecule has 2 atom stereocenters. The highest BCUT2D eigenvalue weighted by Crippen LogP contribution is 2.11. The Kier molecular flexibility index (Phi) is 11.7. The zero-order valence-electron chi connectivity index (χ0n) is 15.2. The van der Waals surface area contributed by atoms with Crippen LogP contribution in [-0.2, 0) is 9.53 Å². The lowest BCUT2D eigenvalue weighted by Gasteiger charge is -2.08. The van der Waals surface area contributed by atoms with E-state index in [9.17, 15) is 19.4 Å². The van der Waals surface area contributed by atoms with Gasteiger partial charge in [-0.05, 0) is 42.5 Å². The maximum absolute atomic E-state index is 12.8. The lowest BCUT2D eigenvalue weighted by atomic mass is 10.2. The molecule has 0 fully saturated rings. The molecule has 0 saturated carbocycles. The number of carboxylic acid groups (broad SMARTS) is 1. The Morgan fingerprint density at radius 1 is 1.07 bits per heavy atom. The van der Waals surface area contributed by atoms with Crippen LogP contribution in [0, 0.1) is 17.7 Å². The lowest BCUT2D eigenvalue weighted by molar-refractivity contribution is -0.142. The molecular formula is C21H23FO6. The van der Waals surface area contributed by atoms with E-state index in [0.29, 0.717) is 12.2 Å².